The molecule has 1 heterocycles. The lowest BCUT2D eigenvalue weighted by molar-refractivity contribution is 0.503. The van der Waals surface area contributed by atoms with Gasteiger partial charge in [-0.15, -0.1) is 0 Å². The van der Waals surface area contributed by atoms with Crippen LogP contribution in [0.1, 0.15) is 20.8 Å². The Labute approximate surface area is 108 Å². The zero-order chi connectivity index (χ0) is 13.3. The second-order valence-corrected chi connectivity index (χ2v) is 5.02. The van der Waals surface area contributed by atoms with Crippen LogP contribution >= 0.6 is 0 Å². The summed E-state index contributed by atoms with van der Waals surface area (Å²) < 4.78 is 0. The molecule has 0 amide bonds. The molecular weight excluding hydrogens is 224 g/mol. The van der Waals surface area contributed by atoms with Gasteiger partial charge in [0.2, 0.25) is 0 Å². The minimum Gasteiger partial charge on any atom is -0.381 e. The Kier molecular flexibility index (Phi) is 3.36. The maximum atomic E-state index is 6.01. The van der Waals surface area contributed by atoms with Gasteiger partial charge in [-0.25, -0.2) is 9.97 Å². The predicted molar refractivity (Wildman–Crippen MR) is 76.7 cm³/mol. The van der Waals surface area contributed by atoms with Crippen LogP contribution in [0.3, 0.4) is 0 Å². The normalized spacial score (nSPS) is 12.9. The molecule has 0 aliphatic heterocycles. The third-order valence-corrected chi connectivity index (χ3v) is 3.49. The summed E-state index contributed by atoms with van der Waals surface area (Å²) in [5.74, 6) is 1.78. The highest BCUT2D eigenvalue weighted by Gasteiger charge is 2.18. The highest BCUT2D eigenvalue weighted by molar-refractivity contribution is 5.79. The molecule has 4 nitrogen and oxygen atoms in total. The zero-order valence-corrected chi connectivity index (χ0v) is 11.4. The molecule has 1 unspecified atom stereocenters. The molecule has 4 heteroatoms. The second kappa shape index (κ2) is 4.80. The van der Waals surface area contributed by atoms with Gasteiger partial charge < -0.3 is 10.6 Å². The van der Waals surface area contributed by atoms with E-state index in [1.807, 2.05) is 31.3 Å². The van der Waals surface area contributed by atoms with E-state index in [2.05, 4.69) is 35.6 Å². The number of nitrogens with two attached hydrogens (primary N) is 1. The summed E-state index contributed by atoms with van der Waals surface area (Å²) in [5.41, 5.74) is 7.73. The van der Waals surface area contributed by atoms with Gasteiger partial charge in [0.15, 0.2) is 11.6 Å². The van der Waals surface area contributed by atoms with Gasteiger partial charge in [-0.05, 0) is 25.0 Å². The first-order valence-corrected chi connectivity index (χ1v) is 6.25. The van der Waals surface area contributed by atoms with E-state index in [1.54, 1.807) is 0 Å². The fourth-order valence-electron chi connectivity index (χ4n) is 1.90. The van der Waals surface area contributed by atoms with Gasteiger partial charge in [0.05, 0.1) is 11.0 Å². The van der Waals surface area contributed by atoms with Crippen molar-refractivity contribution >= 4 is 22.7 Å². The molecule has 1 aromatic heterocycles. The number of hydrogen-bond donors (Lipinski definition) is 1. The topological polar surface area (TPSA) is 55.0 Å². The molecule has 0 saturated carbocycles. The lowest BCUT2D eigenvalue weighted by atomic mass is 10.1. The van der Waals surface area contributed by atoms with Crippen LogP contribution in [0.5, 0.6) is 0 Å². The van der Waals surface area contributed by atoms with E-state index >= 15 is 0 Å². The van der Waals surface area contributed by atoms with Crippen LogP contribution in [-0.4, -0.2) is 23.1 Å². The van der Waals surface area contributed by atoms with Gasteiger partial charge in [-0.1, -0.05) is 26.0 Å². The molecule has 0 aliphatic rings. The summed E-state index contributed by atoms with van der Waals surface area (Å²) in [6, 6.07) is 8.15. The van der Waals surface area contributed by atoms with Crippen molar-refractivity contribution in [2.75, 3.05) is 17.7 Å². The summed E-state index contributed by atoms with van der Waals surface area (Å²) in [7, 11) is 2.01. The van der Waals surface area contributed by atoms with Crippen molar-refractivity contribution in [1.29, 1.82) is 0 Å². The Morgan fingerprint density at radius 2 is 1.61 bits per heavy atom. The maximum absolute atomic E-state index is 6.01. The summed E-state index contributed by atoms with van der Waals surface area (Å²) in [6.07, 6.45) is 0. The van der Waals surface area contributed by atoms with E-state index in [4.69, 9.17) is 5.73 Å². The fraction of sp³-hybridized carbons (Fsp3) is 0.429. The quantitative estimate of drug-likeness (QED) is 0.902. The van der Waals surface area contributed by atoms with E-state index < -0.39 is 0 Å². The lowest BCUT2D eigenvalue weighted by Gasteiger charge is -2.29. The van der Waals surface area contributed by atoms with Crippen molar-refractivity contribution in [2.45, 2.75) is 26.8 Å². The van der Waals surface area contributed by atoms with E-state index in [9.17, 15) is 0 Å². The molecular formula is C14H20N4. The third kappa shape index (κ3) is 2.23. The molecule has 0 saturated heterocycles. The molecule has 96 valence electrons. The number of aromatic nitrogens is 2. The van der Waals surface area contributed by atoms with E-state index in [0.29, 0.717) is 17.8 Å². The summed E-state index contributed by atoms with van der Waals surface area (Å²) in [4.78, 5) is 11.1. The number of para-hydroxylation sites is 2. The van der Waals surface area contributed by atoms with Gasteiger partial charge in [-0.3, -0.25) is 0 Å². The highest BCUT2D eigenvalue weighted by Crippen LogP contribution is 2.24. The number of hydrogen-bond acceptors (Lipinski definition) is 4. The number of rotatable bonds is 3. The van der Waals surface area contributed by atoms with Crippen LogP contribution in [0.25, 0.3) is 11.0 Å². The van der Waals surface area contributed by atoms with Crippen LogP contribution < -0.4 is 10.6 Å². The first-order valence-electron chi connectivity index (χ1n) is 6.25. The molecule has 2 rings (SSSR count). The summed E-state index contributed by atoms with van der Waals surface area (Å²) >= 11 is 0. The Hall–Kier alpha value is -1.84. The Balaban J connectivity index is 2.47. The number of benzene rings is 1. The SMILES string of the molecule is CC(C)C(C)N(C)c1nc2ccccc2nc1N. The number of nitrogens with zero attached hydrogens (tertiary/aromatic N) is 3. The average Bonchev–Trinajstić information content (AvgIpc) is 2.36. The van der Waals surface area contributed by atoms with Gasteiger partial charge >= 0.3 is 0 Å². The average molecular weight is 244 g/mol. The molecule has 2 N–H and O–H groups in total. The van der Waals surface area contributed by atoms with Crippen molar-refractivity contribution in [3.05, 3.63) is 24.3 Å². The number of fused-ring (bicyclic) bond motifs is 1. The molecule has 0 fully saturated rings. The van der Waals surface area contributed by atoms with Gasteiger partial charge in [0.25, 0.3) is 0 Å². The smallest absolute Gasteiger partial charge is 0.172 e. The molecule has 0 aliphatic carbocycles. The summed E-state index contributed by atoms with van der Waals surface area (Å²) in [5, 5.41) is 0. The maximum Gasteiger partial charge on any atom is 0.172 e. The molecule has 2 aromatic rings. The van der Waals surface area contributed by atoms with Crippen LogP contribution in [-0.2, 0) is 0 Å². The van der Waals surface area contributed by atoms with E-state index in [1.165, 1.54) is 0 Å². The Morgan fingerprint density at radius 3 is 2.17 bits per heavy atom. The largest absolute Gasteiger partial charge is 0.381 e. The molecule has 0 bridgehead atoms. The van der Waals surface area contributed by atoms with Gasteiger partial charge in [0, 0.05) is 13.1 Å². The van der Waals surface area contributed by atoms with Gasteiger partial charge in [-0.2, -0.15) is 0 Å². The summed E-state index contributed by atoms with van der Waals surface area (Å²) in [6.45, 7) is 6.54. The molecule has 1 aromatic carbocycles. The highest BCUT2D eigenvalue weighted by atomic mass is 15.2. The van der Waals surface area contributed by atoms with Crippen molar-refractivity contribution < 1.29 is 0 Å². The lowest BCUT2D eigenvalue weighted by Crippen LogP contribution is -2.34. The minimum absolute atomic E-state index is 0.364. The first kappa shape index (κ1) is 12.6. The van der Waals surface area contributed by atoms with E-state index in [0.717, 1.165) is 16.9 Å². The zero-order valence-electron chi connectivity index (χ0n) is 11.4. The Bertz CT molecular complexity index is 550. The van der Waals surface area contributed by atoms with Crippen molar-refractivity contribution in [3.8, 4) is 0 Å². The van der Waals surface area contributed by atoms with Crippen molar-refractivity contribution in [1.82, 2.24) is 9.97 Å². The van der Waals surface area contributed by atoms with Gasteiger partial charge in [0.1, 0.15) is 0 Å². The fourth-order valence-corrected chi connectivity index (χ4v) is 1.90. The second-order valence-electron chi connectivity index (χ2n) is 5.02. The monoisotopic (exact) mass is 244 g/mol. The number of nitrogen functional groups attached to an aromatic ring is 1. The van der Waals surface area contributed by atoms with Crippen LogP contribution in [0.15, 0.2) is 24.3 Å². The number of anilines is 2. The minimum atomic E-state index is 0.364. The standard InChI is InChI=1S/C14H20N4/c1-9(2)10(3)18(4)14-13(15)16-11-7-5-6-8-12(11)17-14/h5-10H,1-4H3,(H2,15,16). The van der Waals surface area contributed by atoms with Crippen LogP contribution in [0, 0.1) is 5.92 Å². The molecule has 0 spiro atoms. The Morgan fingerprint density at radius 1 is 1.06 bits per heavy atom. The van der Waals surface area contributed by atoms with Crippen LogP contribution in [0.2, 0.25) is 0 Å². The molecule has 0 radical (unpaired) electrons. The molecule has 1 atom stereocenters. The van der Waals surface area contributed by atoms with Crippen LogP contribution in [0.4, 0.5) is 11.6 Å². The molecule has 18 heavy (non-hydrogen) atoms. The van der Waals surface area contributed by atoms with Crippen molar-refractivity contribution in [2.24, 2.45) is 5.92 Å². The first-order chi connectivity index (χ1) is 8.50. The third-order valence-electron chi connectivity index (χ3n) is 3.49. The van der Waals surface area contributed by atoms with E-state index in [-0.39, 0.29) is 0 Å². The predicted octanol–water partition coefficient (Wildman–Crippen LogP) is 2.69. The van der Waals surface area contributed by atoms with Crippen molar-refractivity contribution in [3.63, 3.8) is 0 Å².